The van der Waals surface area contributed by atoms with Crippen LogP contribution in [0.25, 0.3) is 0 Å². The second-order valence-electron chi connectivity index (χ2n) is 17.6. The van der Waals surface area contributed by atoms with E-state index in [1.54, 1.807) is 0 Å². The minimum absolute atomic E-state index is 0.0115. The molecule has 0 amide bonds. The molecule has 0 heterocycles. The Morgan fingerprint density at radius 1 is 0.949 bits per heavy atom. The molecule has 39 heavy (non-hydrogen) atoms. The molecule has 0 saturated heterocycles. The number of ether oxygens (including phenoxy) is 1. The van der Waals surface area contributed by atoms with Gasteiger partial charge in [-0.1, -0.05) is 101 Å². The monoisotopic (exact) mass is 543 g/mol. The Kier molecular flexibility index (Phi) is 9.63. The first kappa shape index (κ1) is 32.7. The Balaban J connectivity index is 1.78. The Bertz CT molecular complexity index is 874. The van der Waals surface area contributed by atoms with Crippen molar-refractivity contribution in [2.75, 3.05) is 0 Å². The minimum Gasteiger partial charge on any atom is -0.462 e. The van der Waals surface area contributed by atoms with Crippen LogP contribution in [0.2, 0.25) is 0 Å². The highest BCUT2D eigenvalue weighted by Gasteiger charge is 2.57. The van der Waals surface area contributed by atoms with E-state index < -0.39 is 0 Å². The van der Waals surface area contributed by atoms with E-state index in [0.29, 0.717) is 28.6 Å². The van der Waals surface area contributed by atoms with Gasteiger partial charge in [0.25, 0.3) is 0 Å². The molecule has 0 radical (unpaired) electrons. The van der Waals surface area contributed by atoms with E-state index in [-0.39, 0.29) is 28.3 Å². The Hall–Kier alpha value is -0.790. The predicted molar refractivity (Wildman–Crippen MR) is 168 cm³/mol. The topological polar surface area (TPSA) is 26.3 Å². The average molecular weight is 543 g/mol. The van der Waals surface area contributed by atoms with Crippen molar-refractivity contribution in [1.82, 2.24) is 0 Å². The molecule has 0 N–H and O–H groups in total. The van der Waals surface area contributed by atoms with Crippen LogP contribution < -0.4 is 0 Å². The van der Waals surface area contributed by atoms with Gasteiger partial charge in [-0.25, -0.2) is 0 Å². The van der Waals surface area contributed by atoms with Crippen LogP contribution in [0.15, 0.2) is 12.2 Å². The summed E-state index contributed by atoms with van der Waals surface area (Å²) in [5, 5.41) is 0. The summed E-state index contributed by atoms with van der Waals surface area (Å²) in [5.41, 5.74) is 2.83. The highest BCUT2D eigenvalue weighted by Crippen LogP contribution is 2.67. The number of allylic oxidation sites excluding steroid dienone is 1. The van der Waals surface area contributed by atoms with Gasteiger partial charge < -0.3 is 4.74 Å². The SMILES string of the molecule is C=C(C)C1(CCCC)CC[C@]2(C)C(CCCC2(C)CCC2C(C)(C)CCC(OC(=O)CC(C)(C)C)C2(C)C)C1. The van der Waals surface area contributed by atoms with Crippen LogP contribution in [0.4, 0.5) is 0 Å². The molecule has 0 aromatic heterocycles. The van der Waals surface area contributed by atoms with Crippen LogP contribution in [-0.2, 0) is 9.53 Å². The number of carbonyl (C=O) groups is 1. The van der Waals surface area contributed by atoms with E-state index in [2.05, 4.69) is 82.7 Å². The standard InChI is InChI=1S/C37H66O2/c1-13-14-20-37(27(2)3)24-23-36(12)28(25-37)16-15-19-35(36,11)22-17-29-33(7,8)21-18-30(34(29,9)10)39-31(38)26-32(4,5)6/h28-30H,2,13-26H2,1,3-12H3/t28?,29?,30?,35?,36-,37?/m1/s1. The number of hydrogen-bond donors (Lipinski definition) is 0. The number of unbranched alkanes of at least 4 members (excludes halogenated alkanes) is 1. The molecule has 226 valence electrons. The molecule has 6 atom stereocenters. The number of fused-ring (bicyclic) bond motifs is 1. The maximum absolute atomic E-state index is 12.9. The van der Waals surface area contributed by atoms with Crippen molar-refractivity contribution in [2.45, 2.75) is 172 Å². The molecular weight excluding hydrogens is 476 g/mol. The molecule has 3 saturated carbocycles. The summed E-state index contributed by atoms with van der Waals surface area (Å²) in [5.74, 6) is 1.35. The maximum atomic E-state index is 12.9. The lowest BCUT2D eigenvalue weighted by molar-refractivity contribution is -0.173. The van der Waals surface area contributed by atoms with Crippen molar-refractivity contribution >= 4 is 5.97 Å². The predicted octanol–water partition coefficient (Wildman–Crippen LogP) is 11.3. The molecule has 3 rings (SSSR count). The summed E-state index contributed by atoms with van der Waals surface area (Å²) in [6, 6.07) is 0. The van der Waals surface area contributed by atoms with Crippen molar-refractivity contribution in [3.63, 3.8) is 0 Å². The van der Waals surface area contributed by atoms with Gasteiger partial charge in [-0.3, -0.25) is 4.79 Å². The molecule has 0 aliphatic heterocycles. The van der Waals surface area contributed by atoms with Gasteiger partial charge in [0.15, 0.2) is 0 Å². The van der Waals surface area contributed by atoms with E-state index >= 15 is 0 Å². The summed E-state index contributed by atoms with van der Waals surface area (Å²) < 4.78 is 6.26. The number of hydrogen-bond acceptors (Lipinski definition) is 2. The highest BCUT2D eigenvalue weighted by atomic mass is 16.5. The van der Waals surface area contributed by atoms with Gasteiger partial charge in [0.2, 0.25) is 0 Å². The van der Waals surface area contributed by atoms with Gasteiger partial charge in [-0.15, -0.1) is 0 Å². The first-order chi connectivity index (χ1) is 17.8. The van der Waals surface area contributed by atoms with Crippen LogP contribution in [0.5, 0.6) is 0 Å². The molecule has 3 aliphatic carbocycles. The number of esters is 1. The van der Waals surface area contributed by atoms with Crippen molar-refractivity contribution in [2.24, 2.45) is 44.3 Å². The first-order valence-corrected chi connectivity index (χ1v) is 16.7. The fourth-order valence-electron chi connectivity index (χ4n) is 9.85. The largest absolute Gasteiger partial charge is 0.462 e. The van der Waals surface area contributed by atoms with Crippen molar-refractivity contribution in [1.29, 1.82) is 0 Å². The fourth-order valence-corrected chi connectivity index (χ4v) is 9.85. The molecule has 2 heteroatoms. The normalized spacial score (nSPS) is 38.1. The van der Waals surface area contributed by atoms with Gasteiger partial charge in [-0.2, -0.15) is 0 Å². The lowest BCUT2D eigenvalue weighted by Gasteiger charge is -2.62. The maximum Gasteiger partial charge on any atom is 0.306 e. The van der Waals surface area contributed by atoms with Crippen LogP contribution in [-0.4, -0.2) is 12.1 Å². The quantitative estimate of drug-likeness (QED) is 0.214. The van der Waals surface area contributed by atoms with Crippen molar-refractivity contribution < 1.29 is 9.53 Å². The van der Waals surface area contributed by atoms with Crippen LogP contribution in [0.3, 0.4) is 0 Å². The van der Waals surface area contributed by atoms with Gasteiger partial charge in [0.05, 0.1) is 6.42 Å². The zero-order valence-corrected chi connectivity index (χ0v) is 28.2. The zero-order valence-electron chi connectivity index (χ0n) is 28.2. The van der Waals surface area contributed by atoms with Crippen LogP contribution in [0, 0.1) is 44.3 Å². The van der Waals surface area contributed by atoms with Gasteiger partial charge >= 0.3 is 5.97 Å². The van der Waals surface area contributed by atoms with E-state index in [0.717, 1.165) is 18.8 Å². The summed E-state index contributed by atoms with van der Waals surface area (Å²) in [6.07, 6.45) is 17.3. The second kappa shape index (κ2) is 11.5. The summed E-state index contributed by atoms with van der Waals surface area (Å²) >= 11 is 0. The number of carbonyl (C=O) groups excluding carboxylic acids is 1. The Morgan fingerprint density at radius 3 is 2.21 bits per heavy atom. The second-order valence-corrected chi connectivity index (χ2v) is 17.6. The lowest BCUT2D eigenvalue weighted by Crippen LogP contribution is -2.53. The van der Waals surface area contributed by atoms with Gasteiger partial charge in [0.1, 0.15) is 6.10 Å². The minimum atomic E-state index is -0.0333. The molecule has 0 bridgehead atoms. The highest BCUT2D eigenvalue weighted by molar-refractivity contribution is 5.70. The smallest absolute Gasteiger partial charge is 0.306 e. The fraction of sp³-hybridized carbons (Fsp3) is 0.919. The molecule has 0 aromatic carbocycles. The van der Waals surface area contributed by atoms with Crippen molar-refractivity contribution in [3.05, 3.63) is 12.2 Å². The first-order valence-electron chi connectivity index (χ1n) is 16.7. The third kappa shape index (κ3) is 6.66. The number of rotatable bonds is 9. The molecule has 2 nitrogen and oxygen atoms in total. The van der Waals surface area contributed by atoms with Gasteiger partial charge in [-0.05, 0) is 110 Å². The van der Waals surface area contributed by atoms with Crippen molar-refractivity contribution in [3.8, 4) is 0 Å². The molecule has 3 aliphatic rings. The summed E-state index contributed by atoms with van der Waals surface area (Å²) in [7, 11) is 0. The van der Waals surface area contributed by atoms with Crippen LogP contribution >= 0.6 is 0 Å². The third-order valence-corrected chi connectivity index (χ3v) is 12.9. The third-order valence-electron chi connectivity index (χ3n) is 12.9. The van der Waals surface area contributed by atoms with E-state index in [1.165, 1.54) is 76.2 Å². The summed E-state index contributed by atoms with van der Waals surface area (Å²) in [4.78, 5) is 12.9. The molecule has 0 spiro atoms. The lowest BCUT2D eigenvalue weighted by atomic mass is 9.43. The van der Waals surface area contributed by atoms with Crippen LogP contribution in [0.1, 0.15) is 166 Å². The van der Waals surface area contributed by atoms with Gasteiger partial charge in [0, 0.05) is 5.41 Å². The Labute approximate surface area is 243 Å². The van der Waals surface area contributed by atoms with E-state index in [9.17, 15) is 4.79 Å². The molecule has 5 unspecified atom stereocenters. The van der Waals surface area contributed by atoms with E-state index in [4.69, 9.17) is 4.74 Å². The van der Waals surface area contributed by atoms with E-state index in [1.807, 2.05) is 0 Å². The molecule has 3 fully saturated rings. The zero-order chi connectivity index (χ0) is 29.5. The molecular formula is C37H66O2. The Morgan fingerprint density at radius 2 is 1.62 bits per heavy atom. The summed E-state index contributed by atoms with van der Waals surface area (Å²) in [6.45, 7) is 30.7. The average Bonchev–Trinajstić information content (AvgIpc) is 2.79. The molecule has 0 aromatic rings.